The van der Waals surface area contributed by atoms with Gasteiger partial charge in [0, 0.05) is 37.2 Å². The van der Waals surface area contributed by atoms with Gasteiger partial charge >= 0.3 is 0 Å². The van der Waals surface area contributed by atoms with Gasteiger partial charge in [-0.1, -0.05) is 44.8 Å². The minimum atomic E-state index is -2.54. The van der Waals surface area contributed by atoms with E-state index < -0.39 is 12.4 Å². The number of allylic oxidation sites excluding steroid dienone is 1. The first-order chi connectivity index (χ1) is 24.0. The third-order valence-electron chi connectivity index (χ3n) is 7.86. The molecule has 0 saturated carbocycles. The molecule has 53 heavy (non-hydrogen) atoms. The highest BCUT2D eigenvalue weighted by Gasteiger charge is 2.24. The number of hydrogen-bond acceptors (Lipinski definition) is 8. The highest BCUT2D eigenvalue weighted by Crippen LogP contribution is 2.59. The monoisotopic (exact) mass is 871 g/mol. The third kappa shape index (κ3) is 15.8. The number of carbonyl (C=O) groups is 1. The lowest BCUT2D eigenvalue weighted by molar-refractivity contribution is -0.115. The van der Waals surface area contributed by atoms with Crippen molar-refractivity contribution < 1.29 is 14.2 Å². The lowest BCUT2D eigenvalue weighted by Crippen LogP contribution is -2.34. The fraction of sp³-hybridized carbons (Fsp3) is 0.343. The number of carbonyl (C=O) groups excluding carboxylic acids is 1. The molecule has 0 spiro atoms. The molecule has 3 atom stereocenters. The molecule has 3 aromatic rings. The zero-order valence-electron chi connectivity index (χ0n) is 28.1. The summed E-state index contributed by atoms with van der Waals surface area (Å²) >= 11 is 16.5. The molecule has 2 aliphatic rings. The number of Topliss-reactive ketones (excluding diaryl/α,β-unsaturated/α-hetero) is 1. The Morgan fingerprint density at radius 3 is 2.19 bits per heavy atom. The van der Waals surface area contributed by atoms with Crippen LogP contribution in [0.2, 0.25) is 0 Å². The quantitative estimate of drug-likeness (QED) is 0.0244. The maximum Gasteiger partial charge on any atom is 0.222 e. The van der Waals surface area contributed by atoms with E-state index in [9.17, 15) is 10.1 Å². The van der Waals surface area contributed by atoms with Crippen molar-refractivity contribution in [3.8, 4) is 17.6 Å². The highest BCUT2D eigenvalue weighted by molar-refractivity contribution is 8.41. The van der Waals surface area contributed by atoms with E-state index in [-0.39, 0.29) is 36.1 Å². The molecule has 0 amide bonds. The maximum absolute atomic E-state index is 12.7. The Labute approximate surface area is 337 Å². The fourth-order valence-electron chi connectivity index (χ4n) is 5.57. The first-order valence-electron chi connectivity index (χ1n) is 15.7. The number of ketones is 1. The van der Waals surface area contributed by atoms with Crippen LogP contribution >= 0.6 is 62.7 Å². The van der Waals surface area contributed by atoms with Gasteiger partial charge in [0.2, 0.25) is 4.89 Å². The van der Waals surface area contributed by atoms with Gasteiger partial charge in [0.1, 0.15) is 30.4 Å². The lowest BCUT2D eigenvalue weighted by atomic mass is 9.89. The van der Waals surface area contributed by atoms with E-state index in [0.29, 0.717) is 25.0 Å². The van der Waals surface area contributed by atoms with Crippen LogP contribution in [0, 0.1) is 11.3 Å². The second-order valence-corrected chi connectivity index (χ2v) is 24.9. The molecule has 0 radical (unpaired) electrons. The van der Waals surface area contributed by atoms with Crippen molar-refractivity contribution in [3.05, 3.63) is 104 Å². The summed E-state index contributed by atoms with van der Waals surface area (Å²) in [4.78, 5) is 20.0. The number of benzene rings is 3. The molecule has 3 unspecified atom stereocenters. The van der Waals surface area contributed by atoms with E-state index in [1.807, 2.05) is 36.4 Å². The van der Waals surface area contributed by atoms with E-state index in [1.54, 1.807) is 31.5 Å². The Bertz CT molecular complexity index is 1820. The Morgan fingerprint density at radius 1 is 1.08 bits per heavy atom. The standard InChI is InChI=1S/C25H25N5O2.C8H12Cl2N2OP4S.2CH4.H3P/c26-17-22(24(31)7-1-4-18-8-10-23(11-9-18)32-29-28-27)16-19-14-20-5-2-12-30-13-3-6-21(15-19)25(20)30;1-12(17(9,10)18)11-6-7-2-4-8(5-3-7)13-16(14)15;;;/h8-11,14-16H,1-7,12-13H2;2-6H,14-15H2,1H3;2*1H4;1H3/b22-16-;11-6+;;;. The topological polar surface area (TPSA) is 127 Å². The predicted octanol–water partition coefficient (Wildman–Crippen LogP) is 11.8. The van der Waals surface area contributed by atoms with Crippen LogP contribution in [0.5, 0.6) is 11.5 Å². The van der Waals surface area contributed by atoms with Crippen molar-refractivity contribution in [3.63, 3.8) is 0 Å². The number of hydrazone groups is 1. The molecule has 10 nitrogen and oxygen atoms in total. The number of nitrogens with zero attached hydrogens (tertiary/aromatic N) is 7. The zero-order valence-corrected chi connectivity index (χ0v) is 35.9. The Hall–Kier alpha value is -2.31. The van der Waals surface area contributed by atoms with Gasteiger partial charge in [-0.25, -0.2) is 4.78 Å². The smallest absolute Gasteiger partial charge is 0.222 e. The average molecular weight is 873 g/mol. The van der Waals surface area contributed by atoms with Crippen LogP contribution in [0.1, 0.15) is 68.4 Å². The SMILES string of the molecule is C.C.CN(/N=C/c1ccc(OP(P)P)cc1)P(=S)(Cl)Cl.N#C/C(=C/c1cc2c3c(c1)CCCN3CCC2)C(=O)CCCc1ccc(ON=[N+]=[N-])cc1.P. The van der Waals surface area contributed by atoms with Gasteiger partial charge < -0.3 is 14.3 Å². The van der Waals surface area contributed by atoms with E-state index in [1.165, 1.54) is 21.6 Å². The first-order valence-corrected chi connectivity index (χ1v) is 24.7. The molecule has 2 heterocycles. The highest BCUT2D eigenvalue weighted by atomic mass is 35.9. The summed E-state index contributed by atoms with van der Waals surface area (Å²) in [6.45, 7) is 2.25. The molecule has 0 fully saturated rings. The van der Waals surface area contributed by atoms with Crippen LogP contribution < -0.4 is 14.3 Å². The summed E-state index contributed by atoms with van der Waals surface area (Å²) in [5, 5.41) is 16.8. The Morgan fingerprint density at radius 2 is 1.66 bits per heavy atom. The van der Waals surface area contributed by atoms with Gasteiger partial charge in [0.05, 0.1) is 11.8 Å². The second kappa shape index (κ2) is 24.3. The van der Waals surface area contributed by atoms with Crippen LogP contribution in [-0.2, 0) is 35.9 Å². The van der Waals surface area contributed by atoms with Crippen molar-refractivity contribution in [1.29, 1.82) is 5.26 Å². The van der Waals surface area contributed by atoms with Crippen LogP contribution in [-0.4, -0.2) is 36.9 Å². The molecule has 0 bridgehead atoms. The van der Waals surface area contributed by atoms with Gasteiger partial charge in [0.25, 0.3) is 0 Å². The number of nitriles is 1. The first kappa shape index (κ1) is 48.7. The largest absolute Gasteiger partial charge is 0.466 e. The van der Waals surface area contributed by atoms with E-state index in [4.69, 9.17) is 49.2 Å². The summed E-state index contributed by atoms with van der Waals surface area (Å²) in [6, 6.07) is 21.1. The van der Waals surface area contributed by atoms with Crippen molar-refractivity contribution in [2.45, 2.75) is 59.8 Å². The molecule has 0 N–H and O–H groups in total. The van der Waals surface area contributed by atoms with E-state index in [2.05, 4.69) is 56.2 Å². The van der Waals surface area contributed by atoms with Crippen molar-refractivity contribution >= 4 is 98.2 Å². The van der Waals surface area contributed by atoms with Gasteiger partial charge in [-0.05, 0) is 161 Å². The normalized spacial score (nSPS) is 13.0. The third-order valence-corrected chi connectivity index (χ3v) is 11.7. The lowest BCUT2D eigenvalue weighted by Gasteiger charge is -2.37. The number of anilines is 1. The van der Waals surface area contributed by atoms with Gasteiger partial charge in [-0.2, -0.15) is 20.3 Å². The predicted molar refractivity (Wildman–Crippen MR) is 242 cm³/mol. The molecule has 0 aliphatic carbocycles. The maximum atomic E-state index is 12.7. The van der Waals surface area contributed by atoms with Crippen LogP contribution in [0.15, 0.2) is 76.6 Å². The fourth-order valence-corrected chi connectivity index (χ4v) is 7.20. The number of azide groups is 1. The zero-order chi connectivity index (χ0) is 36.1. The number of rotatable bonds is 13. The summed E-state index contributed by atoms with van der Waals surface area (Å²) in [5.74, 6) is 1.16. The number of halogens is 2. The van der Waals surface area contributed by atoms with Gasteiger partial charge in [-0.3, -0.25) is 4.79 Å². The van der Waals surface area contributed by atoms with E-state index >= 15 is 0 Å². The molecule has 5 rings (SSSR count). The van der Waals surface area contributed by atoms with Gasteiger partial charge in [0.15, 0.2) is 5.78 Å². The molecule has 3 aromatic carbocycles. The van der Waals surface area contributed by atoms with Crippen molar-refractivity contribution in [2.24, 2.45) is 10.4 Å². The van der Waals surface area contributed by atoms with Crippen molar-refractivity contribution in [1.82, 2.24) is 4.78 Å². The molecule has 2 aliphatic heterocycles. The minimum absolute atomic E-state index is 0. The summed E-state index contributed by atoms with van der Waals surface area (Å²) in [5.41, 5.74) is 15.5. The second-order valence-electron chi connectivity index (χ2n) is 11.4. The molecular weight excluding hydrogens is 824 g/mol. The summed E-state index contributed by atoms with van der Waals surface area (Å²) in [7, 11) is 6.29. The van der Waals surface area contributed by atoms with Gasteiger partial charge in [-0.15, -0.1) is 0 Å². The van der Waals surface area contributed by atoms with Crippen LogP contribution in [0.4, 0.5) is 5.69 Å². The number of aryl methyl sites for hydroxylation is 3. The summed E-state index contributed by atoms with van der Waals surface area (Å²) in [6.07, 6.45) is 9.52. The summed E-state index contributed by atoms with van der Waals surface area (Å²) < 4.78 is 6.93. The van der Waals surface area contributed by atoms with E-state index in [0.717, 1.165) is 61.2 Å². The molecular formula is C35H48Cl2N7O3P5S. The van der Waals surface area contributed by atoms with Crippen LogP contribution in [0.3, 0.4) is 0 Å². The number of hydrogen-bond donors (Lipinski definition) is 0. The molecule has 286 valence electrons. The van der Waals surface area contributed by atoms with Crippen molar-refractivity contribution in [2.75, 3.05) is 25.0 Å². The Balaban J connectivity index is 0.000000578. The molecule has 0 saturated heterocycles. The Kier molecular flexibility index (Phi) is 22.3. The van der Waals surface area contributed by atoms with Crippen LogP contribution in [0.25, 0.3) is 16.5 Å². The molecule has 0 aromatic heterocycles. The molecule has 18 heteroatoms. The average Bonchev–Trinajstić information content (AvgIpc) is 3.09. The minimum Gasteiger partial charge on any atom is -0.466 e.